The summed E-state index contributed by atoms with van der Waals surface area (Å²) in [6, 6.07) is 29.5. The van der Waals surface area contributed by atoms with Crippen LogP contribution in [0, 0.1) is 13.8 Å². The molecule has 0 fully saturated rings. The van der Waals surface area contributed by atoms with E-state index in [4.69, 9.17) is 13.9 Å². The minimum atomic E-state index is -0.594. The van der Waals surface area contributed by atoms with Crippen LogP contribution in [0.15, 0.2) is 113 Å². The Morgan fingerprint density at radius 1 is 0.778 bits per heavy atom. The Morgan fingerprint density at radius 3 is 2.11 bits per heavy atom. The van der Waals surface area contributed by atoms with Gasteiger partial charge in [0.1, 0.15) is 29.3 Å². The van der Waals surface area contributed by atoms with Gasteiger partial charge in [-0.3, -0.25) is 9.59 Å². The minimum absolute atomic E-state index is 0.0918. The number of ether oxygens (including phenoxy) is 2. The molecule has 0 saturated carbocycles. The fraction of sp³-hybridized carbons (Fsp3) is 0.0968. The van der Waals surface area contributed by atoms with Gasteiger partial charge in [-0.2, -0.15) is 0 Å². The third-order valence-electron chi connectivity index (χ3n) is 6.00. The summed E-state index contributed by atoms with van der Waals surface area (Å²) in [6.45, 7) is 3.87. The van der Waals surface area contributed by atoms with Gasteiger partial charge in [0.2, 0.25) is 11.2 Å². The third-order valence-corrected chi connectivity index (χ3v) is 6.00. The van der Waals surface area contributed by atoms with Crippen molar-refractivity contribution in [3.63, 3.8) is 0 Å². The van der Waals surface area contributed by atoms with Crippen LogP contribution >= 0.6 is 0 Å². The predicted molar refractivity (Wildman–Crippen MR) is 139 cm³/mol. The molecule has 0 aliphatic heterocycles. The Balaban J connectivity index is 1.43. The average Bonchev–Trinajstić information content (AvgIpc) is 2.89. The standard InChI is InChI=1S/C31H24O5/c1-20-13-14-21(2)26(17-20)36-28-19-34-27-18-24(15-16-25(27)30(28)32)35-31(33)29(22-9-5-3-6-10-22)23-11-7-4-8-12-23/h3-19,29H,1-2H3. The van der Waals surface area contributed by atoms with Gasteiger partial charge in [-0.15, -0.1) is 0 Å². The number of benzene rings is 4. The van der Waals surface area contributed by atoms with E-state index in [1.54, 1.807) is 18.2 Å². The molecule has 0 aliphatic carbocycles. The van der Waals surface area contributed by atoms with Crippen LogP contribution in [0.4, 0.5) is 0 Å². The lowest BCUT2D eigenvalue weighted by Crippen LogP contribution is -2.20. The Bertz CT molecular complexity index is 1550. The monoisotopic (exact) mass is 476 g/mol. The molecule has 1 aromatic heterocycles. The van der Waals surface area contributed by atoms with E-state index in [0.29, 0.717) is 16.7 Å². The maximum Gasteiger partial charge on any atom is 0.323 e. The molecule has 0 radical (unpaired) electrons. The molecule has 1 heterocycles. The molecule has 0 bridgehead atoms. The second-order valence-corrected chi connectivity index (χ2v) is 8.63. The topological polar surface area (TPSA) is 65.7 Å². The van der Waals surface area contributed by atoms with Gasteiger partial charge in [0.05, 0.1) is 5.39 Å². The first-order valence-corrected chi connectivity index (χ1v) is 11.6. The summed E-state index contributed by atoms with van der Waals surface area (Å²) >= 11 is 0. The second-order valence-electron chi connectivity index (χ2n) is 8.63. The Kier molecular flexibility index (Phi) is 6.37. The van der Waals surface area contributed by atoms with Crippen molar-refractivity contribution in [1.82, 2.24) is 0 Å². The maximum absolute atomic E-state index is 13.3. The molecule has 5 aromatic rings. The summed E-state index contributed by atoms with van der Waals surface area (Å²) in [5.74, 6) is -0.0441. The van der Waals surface area contributed by atoms with Crippen LogP contribution in [0.25, 0.3) is 11.0 Å². The number of carbonyl (C=O) groups excluding carboxylic acids is 1. The van der Waals surface area contributed by atoms with Gasteiger partial charge >= 0.3 is 5.97 Å². The molecule has 5 heteroatoms. The molecule has 0 amide bonds. The van der Waals surface area contributed by atoms with Gasteiger partial charge in [-0.25, -0.2) is 0 Å². The van der Waals surface area contributed by atoms with E-state index in [2.05, 4.69) is 0 Å². The molecule has 178 valence electrons. The molecular weight excluding hydrogens is 452 g/mol. The molecule has 5 rings (SSSR count). The van der Waals surface area contributed by atoms with Crippen LogP contribution in [-0.2, 0) is 4.79 Å². The van der Waals surface area contributed by atoms with Crippen molar-refractivity contribution in [3.8, 4) is 17.2 Å². The molecule has 0 spiro atoms. The van der Waals surface area contributed by atoms with E-state index in [1.165, 1.54) is 6.26 Å². The Morgan fingerprint density at radius 2 is 1.44 bits per heavy atom. The molecule has 0 saturated heterocycles. The fourth-order valence-corrected chi connectivity index (χ4v) is 4.09. The lowest BCUT2D eigenvalue weighted by molar-refractivity contribution is -0.135. The van der Waals surface area contributed by atoms with Crippen LogP contribution in [0.3, 0.4) is 0 Å². The van der Waals surface area contributed by atoms with Crippen LogP contribution in [0.5, 0.6) is 17.2 Å². The van der Waals surface area contributed by atoms with Crippen molar-refractivity contribution in [2.45, 2.75) is 19.8 Å². The summed E-state index contributed by atoms with van der Waals surface area (Å²) in [6.07, 6.45) is 1.29. The van der Waals surface area contributed by atoms with Crippen molar-refractivity contribution < 1.29 is 18.7 Å². The van der Waals surface area contributed by atoms with Gasteiger partial charge in [-0.05, 0) is 54.3 Å². The number of hydrogen-bond acceptors (Lipinski definition) is 5. The van der Waals surface area contributed by atoms with E-state index in [-0.39, 0.29) is 16.9 Å². The van der Waals surface area contributed by atoms with Crippen LogP contribution in [-0.4, -0.2) is 5.97 Å². The van der Waals surface area contributed by atoms with Crippen molar-refractivity contribution in [1.29, 1.82) is 0 Å². The summed E-state index contributed by atoms with van der Waals surface area (Å²) in [7, 11) is 0. The molecule has 4 aromatic carbocycles. The number of aryl methyl sites for hydroxylation is 2. The van der Waals surface area contributed by atoms with E-state index < -0.39 is 11.9 Å². The van der Waals surface area contributed by atoms with Crippen molar-refractivity contribution in [2.75, 3.05) is 0 Å². The van der Waals surface area contributed by atoms with Crippen molar-refractivity contribution in [3.05, 3.63) is 136 Å². The van der Waals surface area contributed by atoms with Gasteiger partial charge in [0, 0.05) is 6.07 Å². The SMILES string of the molecule is Cc1ccc(C)c(Oc2coc3cc(OC(=O)C(c4ccccc4)c4ccccc4)ccc3c2=O)c1. The van der Waals surface area contributed by atoms with Gasteiger partial charge in [0.25, 0.3) is 0 Å². The maximum atomic E-state index is 13.3. The van der Waals surface area contributed by atoms with Crippen molar-refractivity contribution in [2.24, 2.45) is 0 Å². The largest absolute Gasteiger partial charge is 0.460 e. The number of carbonyl (C=O) groups is 1. The second kappa shape index (κ2) is 9.92. The minimum Gasteiger partial charge on any atom is -0.460 e. The van der Waals surface area contributed by atoms with Gasteiger partial charge in [0.15, 0.2) is 0 Å². The zero-order chi connectivity index (χ0) is 25.1. The van der Waals surface area contributed by atoms with Gasteiger partial charge in [-0.1, -0.05) is 72.8 Å². The number of rotatable bonds is 6. The summed E-state index contributed by atoms with van der Waals surface area (Å²) in [5, 5.41) is 0.334. The quantitative estimate of drug-likeness (QED) is 0.196. The average molecular weight is 477 g/mol. The third kappa shape index (κ3) is 4.77. The molecule has 0 N–H and O–H groups in total. The lowest BCUT2D eigenvalue weighted by Gasteiger charge is -2.17. The zero-order valence-electron chi connectivity index (χ0n) is 19.9. The zero-order valence-corrected chi connectivity index (χ0v) is 19.9. The van der Waals surface area contributed by atoms with Crippen molar-refractivity contribution >= 4 is 16.9 Å². The predicted octanol–water partition coefficient (Wildman–Crippen LogP) is 6.94. The highest BCUT2D eigenvalue weighted by Gasteiger charge is 2.25. The Labute approximate surface area is 208 Å². The molecule has 5 nitrogen and oxygen atoms in total. The first kappa shape index (κ1) is 23.1. The molecule has 0 atom stereocenters. The fourth-order valence-electron chi connectivity index (χ4n) is 4.09. The first-order valence-electron chi connectivity index (χ1n) is 11.6. The van der Waals surface area contributed by atoms with E-state index in [9.17, 15) is 9.59 Å². The molecular formula is C31H24O5. The molecule has 0 aliphatic rings. The first-order chi connectivity index (χ1) is 17.5. The highest BCUT2D eigenvalue weighted by molar-refractivity contribution is 5.85. The van der Waals surface area contributed by atoms with Crippen LogP contribution in [0.2, 0.25) is 0 Å². The number of hydrogen-bond donors (Lipinski definition) is 0. The molecule has 0 unspecified atom stereocenters. The van der Waals surface area contributed by atoms with E-state index >= 15 is 0 Å². The highest BCUT2D eigenvalue weighted by Crippen LogP contribution is 2.29. The van der Waals surface area contributed by atoms with Gasteiger partial charge < -0.3 is 13.9 Å². The lowest BCUT2D eigenvalue weighted by atomic mass is 9.91. The van der Waals surface area contributed by atoms with E-state index in [0.717, 1.165) is 22.3 Å². The Hall–Kier alpha value is -4.64. The van der Waals surface area contributed by atoms with E-state index in [1.807, 2.05) is 92.7 Å². The summed E-state index contributed by atoms with van der Waals surface area (Å²) < 4.78 is 17.3. The molecule has 36 heavy (non-hydrogen) atoms. The van der Waals surface area contributed by atoms with Crippen LogP contribution in [0.1, 0.15) is 28.2 Å². The summed E-state index contributed by atoms with van der Waals surface area (Å²) in [5.41, 5.74) is 3.59. The van der Waals surface area contributed by atoms with Crippen LogP contribution < -0.4 is 14.9 Å². The number of esters is 1. The number of fused-ring (bicyclic) bond motifs is 1. The smallest absolute Gasteiger partial charge is 0.323 e. The normalized spacial score (nSPS) is 11.0. The highest BCUT2D eigenvalue weighted by atomic mass is 16.5. The summed E-state index contributed by atoms with van der Waals surface area (Å²) in [4.78, 5) is 26.3.